The highest BCUT2D eigenvalue weighted by Gasteiger charge is 2.22. The summed E-state index contributed by atoms with van der Waals surface area (Å²) >= 11 is 0. The Morgan fingerprint density at radius 3 is 2.77 bits per heavy atom. The Morgan fingerprint density at radius 1 is 1.46 bits per heavy atom. The molecule has 0 amide bonds. The van der Waals surface area contributed by atoms with E-state index in [0.29, 0.717) is 24.4 Å². The van der Waals surface area contributed by atoms with E-state index in [9.17, 15) is 4.79 Å². The van der Waals surface area contributed by atoms with E-state index in [0.717, 1.165) is 6.42 Å². The van der Waals surface area contributed by atoms with Crippen molar-refractivity contribution in [1.29, 1.82) is 0 Å². The molecular weight excluding hydrogens is 164 g/mol. The molecule has 0 aromatic rings. The number of rotatable bonds is 2. The molecule has 3 unspecified atom stereocenters. The van der Waals surface area contributed by atoms with Crippen LogP contribution in [0.1, 0.15) is 27.2 Å². The predicted molar refractivity (Wildman–Crippen MR) is 52.2 cm³/mol. The molecule has 1 rings (SSSR count). The molecule has 0 N–H and O–H groups in total. The van der Waals surface area contributed by atoms with Crippen molar-refractivity contribution >= 4 is 5.97 Å². The zero-order chi connectivity index (χ0) is 9.84. The SMILES string of the molecule is CC(=O)OCC1CC(C)C=CC1C. The highest BCUT2D eigenvalue weighted by Crippen LogP contribution is 2.28. The van der Waals surface area contributed by atoms with Crippen LogP contribution >= 0.6 is 0 Å². The first-order valence-electron chi connectivity index (χ1n) is 4.91. The summed E-state index contributed by atoms with van der Waals surface area (Å²) in [5, 5.41) is 0. The van der Waals surface area contributed by atoms with Crippen molar-refractivity contribution in [3.8, 4) is 0 Å². The summed E-state index contributed by atoms with van der Waals surface area (Å²) in [5.41, 5.74) is 0. The number of carbonyl (C=O) groups is 1. The van der Waals surface area contributed by atoms with Crippen molar-refractivity contribution in [2.75, 3.05) is 6.61 Å². The number of esters is 1. The van der Waals surface area contributed by atoms with Gasteiger partial charge in [0.15, 0.2) is 0 Å². The van der Waals surface area contributed by atoms with Gasteiger partial charge in [0, 0.05) is 6.92 Å². The van der Waals surface area contributed by atoms with Crippen LogP contribution in [-0.2, 0) is 9.53 Å². The van der Waals surface area contributed by atoms with Gasteiger partial charge in [-0.1, -0.05) is 26.0 Å². The van der Waals surface area contributed by atoms with Crippen molar-refractivity contribution in [3.05, 3.63) is 12.2 Å². The third kappa shape index (κ3) is 3.21. The molecule has 0 aromatic carbocycles. The van der Waals surface area contributed by atoms with E-state index >= 15 is 0 Å². The molecule has 13 heavy (non-hydrogen) atoms. The fourth-order valence-electron chi connectivity index (χ4n) is 1.74. The molecule has 0 saturated heterocycles. The maximum atomic E-state index is 10.6. The molecule has 0 aromatic heterocycles. The number of carbonyl (C=O) groups excluding carboxylic acids is 1. The normalized spacial score (nSPS) is 33.0. The molecule has 3 atom stereocenters. The molecule has 1 aliphatic carbocycles. The molecule has 0 bridgehead atoms. The lowest BCUT2D eigenvalue weighted by atomic mass is 9.81. The van der Waals surface area contributed by atoms with Gasteiger partial charge in [-0.05, 0) is 24.2 Å². The average molecular weight is 182 g/mol. The number of ether oxygens (including phenoxy) is 1. The zero-order valence-electron chi connectivity index (χ0n) is 8.62. The van der Waals surface area contributed by atoms with E-state index in [1.54, 1.807) is 0 Å². The fourth-order valence-corrected chi connectivity index (χ4v) is 1.74. The smallest absolute Gasteiger partial charge is 0.302 e. The van der Waals surface area contributed by atoms with Crippen LogP contribution in [0.15, 0.2) is 12.2 Å². The minimum atomic E-state index is -0.172. The molecule has 0 radical (unpaired) electrons. The Labute approximate surface area is 80.0 Å². The Balaban J connectivity index is 2.41. The van der Waals surface area contributed by atoms with E-state index in [4.69, 9.17) is 4.74 Å². The fraction of sp³-hybridized carbons (Fsp3) is 0.727. The Bertz CT molecular complexity index is 208. The monoisotopic (exact) mass is 182 g/mol. The number of allylic oxidation sites excluding steroid dienone is 2. The second-order valence-corrected chi connectivity index (χ2v) is 4.02. The topological polar surface area (TPSA) is 26.3 Å². The third-order valence-corrected chi connectivity index (χ3v) is 2.66. The van der Waals surface area contributed by atoms with Crippen LogP contribution in [0, 0.1) is 17.8 Å². The van der Waals surface area contributed by atoms with Gasteiger partial charge in [0.1, 0.15) is 0 Å². The first-order chi connectivity index (χ1) is 6.09. The van der Waals surface area contributed by atoms with E-state index in [1.165, 1.54) is 6.92 Å². The van der Waals surface area contributed by atoms with Crippen molar-refractivity contribution in [2.45, 2.75) is 27.2 Å². The van der Waals surface area contributed by atoms with Crippen LogP contribution in [-0.4, -0.2) is 12.6 Å². The summed E-state index contributed by atoms with van der Waals surface area (Å²) in [4.78, 5) is 10.6. The second kappa shape index (κ2) is 4.45. The molecular formula is C11H18O2. The van der Waals surface area contributed by atoms with E-state index in [-0.39, 0.29) is 5.97 Å². The molecule has 2 nitrogen and oxygen atoms in total. The van der Waals surface area contributed by atoms with E-state index in [2.05, 4.69) is 26.0 Å². The van der Waals surface area contributed by atoms with Gasteiger partial charge in [0.05, 0.1) is 6.61 Å². The predicted octanol–water partition coefficient (Wildman–Crippen LogP) is 2.40. The standard InChI is InChI=1S/C11H18O2/c1-8-4-5-9(2)11(6-8)7-13-10(3)12/h4-5,8-9,11H,6-7H2,1-3H3. The van der Waals surface area contributed by atoms with Gasteiger partial charge in [-0.15, -0.1) is 0 Å². The Hall–Kier alpha value is -0.790. The van der Waals surface area contributed by atoms with Gasteiger partial charge in [-0.25, -0.2) is 0 Å². The highest BCUT2D eigenvalue weighted by atomic mass is 16.5. The Kier molecular flexibility index (Phi) is 3.52. The first-order valence-corrected chi connectivity index (χ1v) is 4.91. The summed E-state index contributed by atoms with van der Waals surface area (Å²) in [6.07, 6.45) is 5.60. The Morgan fingerprint density at radius 2 is 2.15 bits per heavy atom. The lowest BCUT2D eigenvalue weighted by Crippen LogP contribution is -2.23. The number of hydrogen-bond donors (Lipinski definition) is 0. The van der Waals surface area contributed by atoms with Crippen molar-refractivity contribution in [3.63, 3.8) is 0 Å². The van der Waals surface area contributed by atoms with Crippen LogP contribution in [0.5, 0.6) is 0 Å². The first kappa shape index (κ1) is 10.3. The average Bonchev–Trinajstić information content (AvgIpc) is 2.06. The molecule has 74 valence electrons. The molecule has 1 aliphatic rings. The quantitative estimate of drug-likeness (QED) is 0.484. The minimum Gasteiger partial charge on any atom is -0.466 e. The summed E-state index contributed by atoms with van der Waals surface area (Å²) in [6, 6.07) is 0. The summed E-state index contributed by atoms with van der Waals surface area (Å²) in [5.74, 6) is 1.49. The van der Waals surface area contributed by atoms with Crippen LogP contribution < -0.4 is 0 Å². The summed E-state index contributed by atoms with van der Waals surface area (Å²) in [7, 11) is 0. The zero-order valence-corrected chi connectivity index (χ0v) is 8.62. The summed E-state index contributed by atoms with van der Waals surface area (Å²) < 4.78 is 5.03. The maximum Gasteiger partial charge on any atom is 0.302 e. The molecule has 0 fully saturated rings. The lowest BCUT2D eigenvalue weighted by Gasteiger charge is -2.27. The maximum absolute atomic E-state index is 10.6. The molecule has 0 heterocycles. The summed E-state index contributed by atoms with van der Waals surface area (Å²) in [6.45, 7) is 6.41. The molecule has 0 spiro atoms. The number of hydrogen-bond acceptors (Lipinski definition) is 2. The van der Waals surface area contributed by atoms with Crippen molar-refractivity contribution in [2.24, 2.45) is 17.8 Å². The van der Waals surface area contributed by atoms with Gasteiger partial charge < -0.3 is 4.74 Å². The van der Waals surface area contributed by atoms with Gasteiger partial charge in [-0.3, -0.25) is 4.79 Å². The van der Waals surface area contributed by atoms with Gasteiger partial charge in [0.2, 0.25) is 0 Å². The van der Waals surface area contributed by atoms with Gasteiger partial charge in [0.25, 0.3) is 0 Å². The third-order valence-electron chi connectivity index (χ3n) is 2.66. The second-order valence-electron chi connectivity index (χ2n) is 4.02. The van der Waals surface area contributed by atoms with Crippen molar-refractivity contribution in [1.82, 2.24) is 0 Å². The van der Waals surface area contributed by atoms with Crippen molar-refractivity contribution < 1.29 is 9.53 Å². The van der Waals surface area contributed by atoms with E-state index < -0.39 is 0 Å². The molecule has 2 heteroatoms. The van der Waals surface area contributed by atoms with E-state index in [1.807, 2.05) is 0 Å². The van der Waals surface area contributed by atoms with Gasteiger partial charge >= 0.3 is 5.97 Å². The van der Waals surface area contributed by atoms with Crippen LogP contribution in [0.25, 0.3) is 0 Å². The van der Waals surface area contributed by atoms with Crippen LogP contribution in [0.3, 0.4) is 0 Å². The molecule has 0 aliphatic heterocycles. The van der Waals surface area contributed by atoms with Crippen LogP contribution in [0.2, 0.25) is 0 Å². The largest absolute Gasteiger partial charge is 0.466 e. The van der Waals surface area contributed by atoms with Crippen LogP contribution in [0.4, 0.5) is 0 Å². The lowest BCUT2D eigenvalue weighted by molar-refractivity contribution is -0.142. The van der Waals surface area contributed by atoms with Gasteiger partial charge in [-0.2, -0.15) is 0 Å². The minimum absolute atomic E-state index is 0.172. The molecule has 0 saturated carbocycles. The highest BCUT2D eigenvalue weighted by molar-refractivity contribution is 5.65.